The average molecular weight is 290 g/mol. The van der Waals surface area contributed by atoms with Crippen molar-refractivity contribution < 1.29 is 23.5 Å². The van der Waals surface area contributed by atoms with E-state index in [-0.39, 0.29) is 30.7 Å². The number of aliphatic carboxylic acids is 1. The molecule has 7 heteroatoms. The molecule has 2 rings (SSSR count). The number of likely N-dealkylation sites (tertiary alicyclic amines) is 1. The third-order valence-corrected chi connectivity index (χ3v) is 4.13. The number of carboxylic acids is 1. The number of alkyl halides is 2. The van der Waals surface area contributed by atoms with Crippen LogP contribution in [-0.4, -0.2) is 47.6 Å². The van der Waals surface area contributed by atoms with Gasteiger partial charge in [-0.25, -0.2) is 13.6 Å². The van der Waals surface area contributed by atoms with E-state index in [1.54, 1.807) is 4.90 Å². The lowest BCUT2D eigenvalue weighted by Crippen LogP contribution is -2.46. The summed E-state index contributed by atoms with van der Waals surface area (Å²) >= 11 is 0. The highest BCUT2D eigenvalue weighted by molar-refractivity contribution is 5.75. The average Bonchev–Trinajstić information content (AvgIpc) is 2.36. The number of carbonyl (C=O) groups is 2. The van der Waals surface area contributed by atoms with Crippen LogP contribution in [0.1, 0.15) is 32.1 Å². The summed E-state index contributed by atoms with van der Waals surface area (Å²) < 4.78 is 25.2. The fraction of sp³-hybridized carbons (Fsp3) is 0.846. The van der Waals surface area contributed by atoms with Crippen LogP contribution < -0.4 is 5.32 Å². The molecule has 114 valence electrons. The molecule has 0 aromatic carbocycles. The lowest BCUT2D eigenvalue weighted by molar-refractivity contribution is -0.143. The third kappa shape index (κ3) is 3.80. The Kier molecular flexibility index (Phi) is 4.45. The Bertz CT molecular complexity index is 374. The molecule has 0 atom stereocenters. The zero-order valence-corrected chi connectivity index (χ0v) is 11.3. The highest BCUT2D eigenvalue weighted by Gasteiger charge is 2.44. The number of urea groups is 1. The van der Waals surface area contributed by atoms with Crippen molar-refractivity contribution in [2.45, 2.75) is 38.0 Å². The molecule has 2 fully saturated rings. The van der Waals surface area contributed by atoms with Gasteiger partial charge in [-0.1, -0.05) is 0 Å². The van der Waals surface area contributed by atoms with Crippen molar-refractivity contribution >= 4 is 12.0 Å². The molecule has 1 saturated heterocycles. The molecule has 2 aliphatic rings. The van der Waals surface area contributed by atoms with Crippen LogP contribution >= 0.6 is 0 Å². The lowest BCUT2D eigenvalue weighted by atomic mass is 9.79. The number of halogens is 2. The minimum absolute atomic E-state index is 0.00282. The molecule has 0 unspecified atom stereocenters. The minimum Gasteiger partial charge on any atom is -0.481 e. The van der Waals surface area contributed by atoms with Gasteiger partial charge < -0.3 is 15.3 Å². The number of hydrogen-bond acceptors (Lipinski definition) is 2. The fourth-order valence-corrected chi connectivity index (χ4v) is 2.81. The van der Waals surface area contributed by atoms with Crippen molar-refractivity contribution in [1.29, 1.82) is 0 Å². The summed E-state index contributed by atoms with van der Waals surface area (Å²) in [5.74, 6) is -3.68. The van der Waals surface area contributed by atoms with Crippen molar-refractivity contribution in [3.8, 4) is 0 Å². The summed E-state index contributed by atoms with van der Waals surface area (Å²) in [4.78, 5) is 24.2. The minimum atomic E-state index is -2.51. The monoisotopic (exact) mass is 290 g/mol. The molecule has 5 nitrogen and oxygen atoms in total. The lowest BCUT2D eigenvalue weighted by Gasteiger charge is -2.35. The first-order valence-corrected chi connectivity index (χ1v) is 7.01. The molecule has 0 radical (unpaired) electrons. The fourth-order valence-electron chi connectivity index (χ4n) is 2.81. The molecule has 1 aliphatic carbocycles. The zero-order chi connectivity index (χ0) is 14.8. The normalized spacial score (nSPS) is 23.2. The molecule has 0 aromatic rings. The van der Waals surface area contributed by atoms with Gasteiger partial charge in [0.25, 0.3) is 0 Å². The number of carboxylic acid groups (broad SMARTS) is 1. The number of rotatable bonds is 4. The second kappa shape index (κ2) is 5.93. The van der Waals surface area contributed by atoms with Gasteiger partial charge >= 0.3 is 12.0 Å². The molecule has 20 heavy (non-hydrogen) atoms. The van der Waals surface area contributed by atoms with Crippen molar-refractivity contribution in [3.63, 3.8) is 0 Å². The Balaban J connectivity index is 1.60. The summed E-state index contributed by atoms with van der Waals surface area (Å²) in [6.07, 6.45) is 1.36. The van der Waals surface area contributed by atoms with Gasteiger partial charge in [0.2, 0.25) is 5.92 Å². The van der Waals surface area contributed by atoms with Crippen LogP contribution in [0.15, 0.2) is 0 Å². The Hall–Kier alpha value is -1.40. The zero-order valence-electron chi connectivity index (χ0n) is 11.3. The number of amides is 2. The number of nitrogens with zero attached hydrogens (tertiary/aromatic N) is 1. The predicted molar refractivity (Wildman–Crippen MR) is 67.6 cm³/mol. The van der Waals surface area contributed by atoms with Crippen LogP contribution in [0.2, 0.25) is 0 Å². The van der Waals surface area contributed by atoms with E-state index in [2.05, 4.69) is 5.32 Å². The summed E-state index contributed by atoms with van der Waals surface area (Å²) in [5, 5.41) is 11.6. The molecular formula is C13H20F2N2O3. The Morgan fingerprint density at radius 1 is 1.25 bits per heavy atom. The van der Waals surface area contributed by atoms with Crippen LogP contribution in [-0.2, 0) is 4.79 Å². The van der Waals surface area contributed by atoms with Gasteiger partial charge in [0, 0.05) is 32.5 Å². The van der Waals surface area contributed by atoms with Gasteiger partial charge in [0.15, 0.2) is 0 Å². The van der Waals surface area contributed by atoms with E-state index < -0.39 is 11.9 Å². The SMILES string of the molecule is O=C(O)C1CCN(C(=O)NCCC2CC(F)(F)C2)CC1. The van der Waals surface area contributed by atoms with Gasteiger partial charge in [-0.3, -0.25) is 4.79 Å². The molecule has 1 aliphatic heterocycles. The third-order valence-electron chi connectivity index (χ3n) is 4.13. The van der Waals surface area contributed by atoms with Crippen LogP contribution in [0.3, 0.4) is 0 Å². The maximum atomic E-state index is 12.6. The number of carbonyl (C=O) groups excluding carboxylic acids is 1. The van der Waals surface area contributed by atoms with Crippen molar-refractivity contribution in [2.75, 3.05) is 19.6 Å². The van der Waals surface area contributed by atoms with Gasteiger partial charge in [-0.15, -0.1) is 0 Å². The highest BCUT2D eigenvalue weighted by Crippen LogP contribution is 2.43. The molecule has 1 saturated carbocycles. The first-order chi connectivity index (χ1) is 9.37. The first-order valence-electron chi connectivity index (χ1n) is 7.01. The van der Waals surface area contributed by atoms with Gasteiger partial charge in [-0.05, 0) is 25.2 Å². The Morgan fingerprint density at radius 2 is 1.85 bits per heavy atom. The first kappa shape index (κ1) is 15.0. The number of hydrogen-bond donors (Lipinski definition) is 2. The van der Waals surface area contributed by atoms with E-state index in [0.717, 1.165) is 0 Å². The second-order valence-electron chi connectivity index (χ2n) is 5.75. The summed E-state index contributed by atoms with van der Waals surface area (Å²) in [7, 11) is 0. The molecule has 0 aromatic heterocycles. The number of piperidine rings is 1. The number of nitrogens with one attached hydrogen (secondary N) is 1. The molecule has 0 bridgehead atoms. The second-order valence-corrected chi connectivity index (χ2v) is 5.75. The molecule has 2 amide bonds. The summed E-state index contributed by atoms with van der Waals surface area (Å²) in [6, 6.07) is -0.222. The van der Waals surface area contributed by atoms with E-state index in [1.807, 2.05) is 0 Å². The Labute approximate surface area is 116 Å². The standard InChI is InChI=1S/C13H20F2N2O3/c14-13(15)7-9(8-13)1-4-16-12(20)17-5-2-10(3-6-17)11(18)19/h9-10H,1-8H2,(H,16,20)(H,18,19). The maximum Gasteiger partial charge on any atom is 0.317 e. The van der Waals surface area contributed by atoms with E-state index in [4.69, 9.17) is 5.11 Å². The molecule has 2 N–H and O–H groups in total. The Morgan fingerprint density at radius 3 is 2.35 bits per heavy atom. The van der Waals surface area contributed by atoms with E-state index in [9.17, 15) is 18.4 Å². The van der Waals surface area contributed by atoms with Crippen LogP contribution in [0.4, 0.5) is 13.6 Å². The predicted octanol–water partition coefficient (Wildman–Crippen LogP) is 1.93. The maximum absolute atomic E-state index is 12.6. The van der Waals surface area contributed by atoms with Crippen LogP contribution in [0, 0.1) is 11.8 Å². The van der Waals surface area contributed by atoms with E-state index >= 15 is 0 Å². The van der Waals surface area contributed by atoms with Crippen molar-refractivity contribution in [1.82, 2.24) is 10.2 Å². The topological polar surface area (TPSA) is 69.6 Å². The van der Waals surface area contributed by atoms with Crippen molar-refractivity contribution in [3.05, 3.63) is 0 Å². The van der Waals surface area contributed by atoms with Crippen molar-refractivity contribution in [2.24, 2.45) is 11.8 Å². The smallest absolute Gasteiger partial charge is 0.317 e. The molecule has 1 heterocycles. The van der Waals surface area contributed by atoms with Crippen LogP contribution in [0.5, 0.6) is 0 Å². The van der Waals surface area contributed by atoms with Gasteiger partial charge in [0.1, 0.15) is 0 Å². The summed E-state index contributed by atoms with van der Waals surface area (Å²) in [6.45, 7) is 1.27. The van der Waals surface area contributed by atoms with E-state index in [1.165, 1.54) is 0 Å². The van der Waals surface area contributed by atoms with Gasteiger partial charge in [-0.2, -0.15) is 0 Å². The quantitative estimate of drug-likeness (QED) is 0.831. The van der Waals surface area contributed by atoms with Crippen LogP contribution in [0.25, 0.3) is 0 Å². The molecular weight excluding hydrogens is 270 g/mol. The largest absolute Gasteiger partial charge is 0.481 e. The van der Waals surface area contributed by atoms with Gasteiger partial charge in [0.05, 0.1) is 5.92 Å². The molecule has 0 spiro atoms. The highest BCUT2D eigenvalue weighted by atomic mass is 19.3. The summed E-state index contributed by atoms with van der Waals surface area (Å²) in [5.41, 5.74) is 0. The van der Waals surface area contributed by atoms with E-state index in [0.29, 0.717) is 38.9 Å².